The van der Waals surface area contributed by atoms with Gasteiger partial charge in [0, 0.05) is 82.7 Å². The summed E-state index contributed by atoms with van der Waals surface area (Å²) in [5, 5.41) is 13.3. The largest absolute Gasteiger partial charge is 0.385 e. The lowest BCUT2D eigenvalue weighted by Crippen LogP contribution is -2.69. The van der Waals surface area contributed by atoms with Crippen molar-refractivity contribution in [1.29, 1.82) is 0 Å². The van der Waals surface area contributed by atoms with Crippen LogP contribution in [0, 0.1) is 5.41 Å². The second-order valence-corrected chi connectivity index (χ2v) is 17.2. The van der Waals surface area contributed by atoms with Crippen molar-refractivity contribution in [2.24, 2.45) is 5.41 Å². The Morgan fingerprint density at radius 3 is 2.44 bits per heavy atom. The zero-order chi connectivity index (χ0) is 42.2. The molecule has 2 aromatic carbocycles. The van der Waals surface area contributed by atoms with Crippen LogP contribution < -0.4 is 25.8 Å². The number of pyridine rings is 1. The average molecular weight is 854 g/mol. The minimum atomic E-state index is -2.89. The molecule has 316 valence electrons. The Bertz CT molecular complexity index is 2580. The van der Waals surface area contributed by atoms with Crippen molar-refractivity contribution in [1.82, 2.24) is 40.0 Å². The minimum absolute atomic E-state index is 0.155. The number of benzene rings is 2. The van der Waals surface area contributed by atoms with Gasteiger partial charge in [-0.25, -0.2) is 27.5 Å². The summed E-state index contributed by atoms with van der Waals surface area (Å²) in [6.07, 6.45) is 3.81. The molecule has 14 nitrogen and oxygen atoms in total. The van der Waals surface area contributed by atoms with Crippen molar-refractivity contribution in [2.45, 2.75) is 56.9 Å². The fourth-order valence-electron chi connectivity index (χ4n) is 9.27. The van der Waals surface area contributed by atoms with Gasteiger partial charge in [0.25, 0.3) is 11.8 Å². The number of imidazole rings is 1. The third-order valence-electron chi connectivity index (χ3n) is 12.7. The summed E-state index contributed by atoms with van der Waals surface area (Å²) in [5.41, 5.74) is 6.37. The van der Waals surface area contributed by atoms with Crippen molar-refractivity contribution >= 4 is 58.0 Å². The molecule has 5 aliphatic rings. The second kappa shape index (κ2) is 15.0. The fourth-order valence-corrected chi connectivity index (χ4v) is 9.49. The van der Waals surface area contributed by atoms with Crippen molar-refractivity contribution < 1.29 is 27.6 Å². The lowest BCUT2D eigenvalue weighted by Gasteiger charge is -2.57. The SMILES string of the molecule is CNc1cc(N2CCc3c(-c4ccc(CN5CC6(CCN(Cc7ccc(Cl)c(N8CCC(=O)NC8=O)c7)CC6(F)F)C5)cn4)cccc32)nn2c(C(=O)N[C@@H]3C[C@@H]3F)cnc12. The van der Waals surface area contributed by atoms with E-state index in [1.54, 1.807) is 30.1 Å². The van der Waals surface area contributed by atoms with Crippen LogP contribution >= 0.6 is 11.6 Å². The molecule has 10 rings (SSSR count). The predicted octanol–water partition coefficient (Wildman–Crippen LogP) is 5.81. The number of hydrogen-bond acceptors (Lipinski definition) is 10. The number of fused-ring (bicyclic) bond motifs is 2. The van der Waals surface area contributed by atoms with E-state index in [-0.39, 0.29) is 37.7 Å². The van der Waals surface area contributed by atoms with Gasteiger partial charge in [-0.15, -0.1) is 5.10 Å². The van der Waals surface area contributed by atoms with Crippen LogP contribution in [0.2, 0.25) is 5.02 Å². The first-order valence-electron chi connectivity index (χ1n) is 20.5. The van der Waals surface area contributed by atoms with Crippen LogP contribution in [-0.4, -0.2) is 112 Å². The molecule has 1 aliphatic carbocycles. The smallest absolute Gasteiger partial charge is 0.328 e. The molecule has 4 aliphatic heterocycles. The van der Waals surface area contributed by atoms with Crippen molar-refractivity contribution in [2.75, 3.05) is 61.4 Å². The summed E-state index contributed by atoms with van der Waals surface area (Å²) in [6.45, 7) is 2.40. The minimum Gasteiger partial charge on any atom is -0.385 e. The van der Waals surface area contributed by atoms with E-state index in [1.165, 1.54) is 15.6 Å². The number of nitrogens with zero attached hydrogens (tertiary/aromatic N) is 8. The first kappa shape index (κ1) is 39.4. The summed E-state index contributed by atoms with van der Waals surface area (Å²) < 4.78 is 46.9. The van der Waals surface area contributed by atoms with E-state index in [4.69, 9.17) is 21.7 Å². The number of urea groups is 1. The lowest BCUT2D eigenvalue weighted by atomic mass is 9.69. The van der Waals surface area contributed by atoms with Crippen molar-refractivity contribution in [3.63, 3.8) is 0 Å². The quantitative estimate of drug-likeness (QED) is 0.158. The Morgan fingerprint density at radius 1 is 0.918 bits per heavy atom. The molecular formula is C43H43ClF3N11O3. The molecule has 3 aromatic heterocycles. The summed E-state index contributed by atoms with van der Waals surface area (Å²) >= 11 is 6.41. The summed E-state index contributed by atoms with van der Waals surface area (Å²) in [5.74, 6) is -3.04. The van der Waals surface area contributed by atoms with Crippen LogP contribution in [0.4, 0.5) is 40.8 Å². The Kier molecular flexibility index (Phi) is 9.67. The molecule has 3 saturated heterocycles. The van der Waals surface area contributed by atoms with Gasteiger partial charge in [0.2, 0.25) is 5.91 Å². The van der Waals surface area contributed by atoms with Gasteiger partial charge in [0.05, 0.1) is 46.3 Å². The van der Waals surface area contributed by atoms with Gasteiger partial charge in [0.15, 0.2) is 17.2 Å². The molecule has 4 fully saturated rings. The number of halogens is 4. The number of nitrogens with one attached hydrogen (secondary N) is 3. The van der Waals surface area contributed by atoms with Gasteiger partial charge >= 0.3 is 6.03 Å². The van der Waals surface area contributed by atoms with E-state index in [0.29, 0.717) is 73.4 Å². The van der Waals surface area contributed by atoms with Gasteiger partial charge < -0.3 is 15.5 Å². The molecule has 0 bridgehead atoms. The van der Waals surface area contributed by atoms with Crippen LogP contribution in [0.1, 0.15) is 46.4 Å². The fraction of sp³-hybridized carbons (Fsp3) is 0.395. The number of carbonyl (C=O) groups excluding carboxylic acids is 3. The monoisotopic (exact) mass is 853 g/mol. The number of likely N-dealkylation sites (tertiary alicyclic amines) is 2. The first-order chi connectivity index (χ1) is 29.4. The van der Waals surface area contributed by atoms with E-state index < -0.39 is 35.5 Å². The summed E-state index contributed by atoms with van der Waals surface area (Å²) in [7, 11) is 1.78. The highest BCUT2D eigenvalue weighted by Crippen LogP contribution is 2.51. The average Bonchev–Trinajstić information content (AvgIpc) is 3.54. The molecule has 0 unspecified atom stereocenters. The standard InChI is InChI=1S/C43H43ClF3N11O3/c1-48-33-17-37(53-58-36(19-50-39(33)58)40(60)51-32-16-30(32)45)56-12-9-28-27(3-2-4-34(28)56)31-8-6-26(18-49-31)21-55-22-42(23-55)11-14-54(24-43(42,46)47)20-25-5-7-29(44)35(15-25)57-13-10-38(59)52-41(57)61/h2-8,15,17-19,30,32,48H,9-14,16,20-24H2,1H3,(H,51,60)(H,52,59,61)/t30-,32+/m0/s1. The zero-order valence-electron chi connectivity index (χ0n) is 33.3. The Labute approximate surface area is 354 Å². The molecule has 2 atom stereocenters. The molecule has 18 heteroatoms. The van der Waals surface area contributed by atoms with Gasteiger partial charge in [-0.2, -0.15) is 0 Å². The number of hydrogen-bond donors (Lipinski definition) is 3. The molecular weight excluding hydrogens is 811 g/mol. The maximum Gasteiger partial charge on any atom is 0.328 e. The highest BCUT2D eigenvalue weighted by Gasteiger charge is 2.62. The van der Waals surface area contributed by atoms with Gasteiger partial charge in [-0.1, -0.05) is 35.9 Å². The number of carbonyl (C=O) groups is 3. The third kappa shape index (κ3) is 7.11. The Morgan fingerprint density at radius 2 is 1.70 bits per heavy atom. The van der Waals surface area contributed by atoms with Crippen molar-refractivity contribution in [3.05, 3.63) is 94.4 Å². The normalized spacial score (nSPS) is 22.0. The number of imide groups is 1. The second-order valence-electron chi connectivity index (χ2n) is 16.8. The van der Waals surface area contributed by atoms with Crippen LogP contribution in [0.15, 0.2) is 67.0 Å². The number of aromatic nitrogens is 4. The number of rotatable bonds is 10. The van der Waals surface area contributed by atoms with Gasteiger partial charge in [0.1, 0.15) is 6.17 Å². The maximum atomic E-state index is 15.9. The van der Waals surface area contributed by atoms with Gasteiger partial charge in [-0.3, -0.25) is 34.6 Å². The van der Waals surface area contributed by atoms with E-state index in [0.717, 1.165) is 40.1 Å². The Balaban J connectivity index is 0.781. The topological polar surface area (TPSA) is 143 Å². The zero-order valence-corrected chi connectivity index (χ0v) is 34.1. The van der Waals surface area contributed by atoms with Gasteiger partial charge in [-0.05, 0) is 60.3 Å². The van der Waals surface area contributed by atoms with E-state index in [2.05, 4.69) is 30.7 Å². The molecule has 1 saturated carbocycles. The highest BCUT2D eigenvalue weighted by atomic mass is 35.5. The van der Waals surface area contributed by atoms with Crippen LogP contribution in [0.3, 0.4) is 0 Å². The van der Waals surface area contributed by atoms with Crippen molar-refractivity contribution in [3.8, 4) is 11.3 Å². The summed E-state index contributed by atoms with van der Waals surface area (Å²) in [6, 6.07) is 16.1. The highest BCUT2D eigenvalue weighted by molar-refractivity contribution is 6.34. The van der Waals surface area contributed by atoms with Crippen LogP contribution in [-0.2, 0) is 24.3 Å². The predicted molar refractivity (Wildman–Crippen MR) is 223 cm³/mol. The van der Waals surface area contributed by atoms with Crippen LogP contribution in [0.25, 0.3) is 16.9 Å². The molecule has 5 aromatic rings. The van der Waals surface area contributed by atoms with E-state index >= 15 is 8.78 Å². The maximum absolute atomic E-state index is 15.9. The number of amides is 4. The lowest BCUT2D eigenvalue weighted by molar-refractivity contribution is -0.227. The molecule has 1 spiro atoms. The van der Waals surface area contributed by atoms with Crippen LogP contribution in [0.5, 0.6) is 0 Å². The number of anilines is 4. The third-order valence-corrected chi connectivity index (χ3v) is 13.0. The molecule has 0 radical (unpaired) electrons. The number of piperidine rings is 1. The Hall–Kier alpha value is -5.78. The first-order valence-corrected chi connectivity index (χ1v) is 20.8. The summed E-state index contributed by atoms with van der Waals surface area (Å²) in [4.78, 5) is 53.7. The van der Waals surface area contributed by atoms with E-state index in [9.17, 15) is 18.8 Å². The molecule has 61 heavy (non-hydrogen) atoms. The number of alkyl halides is 3. The molecule has 7 heterocycles. The molecule has 3 N–H and O–H groups in total. The van der Waals surface area contributed by atoms with E-state index in [1.807, 2.05) is 42.6 Å². The molecule has 4 amide bonds.